The first-order valence-electron chi connectivity index (χ1n) is 3.57. The normalized spacial score (nSPS) is 13.2. The van der Waals surface area contributed by atoms with Crippen molar-refractivity contribution in [2.45, 2.75) is 18.7 Å². The van der Waals surface area contributed by atoms with Gasteiger partial charge in [0, 0.05) is 6.54 Å². The van der Waals surface area contributed by atoms with E-state index in [0.717, 1.165) is 0 Å². The topological polar surface area (TPSA) is 29.1 Å². The Balaban J connectivity index is 3.64. The number of amides is 1. The summed E-state index contributed by atoms with van der Waals surface area (Å²) >= 11 is 3.20. The summed E-state index contributed by atoms with van der Waals surface area (Å²) < 4.78 is 11.6. The van der Waals surface area contributed by atoms with Crippen LogP contribution in [0.4, 0.5) is 4.39 Å². The number of halogens is 2. The average Bonchev–Trinajstić information content (AvgIpc) is 1.98. The summed E-state index contributed by atoms with van der Waals surface area (Å²) in [6.07, 6.45) is 0. The van der Waals surface area contributed by atoms with Crippen molar-refractivity contribution >= 4 is 21.8 Å². The van der Waals surface area contributed by atoms with Crippen LogP contribution in [0.5, 0.6) is 0 Å². The lowest BCUT2D eigenvalue weighted by Gasteiger charge is -2.12. The van der Waals surface area contributed by atoms with Crippen molar-refractivity contribution in [1.29, 1.82) is 0 Å². The average molecular weight is 226 g/mol. The fraction of sp³-hybridized carbons (Fsp3) is 0.857. The Bertz CT molecular complexity index is 130. The Hall–Kier alpha value is -0.120. The molecule has 0 aromatic carbocycles. The molecule has 0 saturated heterocycles. The Morgan fingerprint density at radius 2 is 2.18 bits per heavy atom. The number of carbonyl (C=O) groups is 1. The molecule has 1 N–H and O–H groups in total. The van der Waals surface area contributed by atoms with Crippen LogP contribution in [0.2, 0.25) is 0 Å². The molecule has 1 atom stereocenters. The van der Waals surface area contributed by atoms with Crippen molar-refractivity contribution in [3.05, 3.63) is 0 Å². The van der Waals surface area contributed by atoms with Crippen LogP contribution in [0.1, 0.15) is 13.8 Å². The van der Waals surface area contributed by atoms with Gasteiger partial charge in [-0.05, 0) is 5.92 Å². The standard InChI is InChI=1S/C7H13BrFNO/c1-5(2)6(8)7(11)10-4-3-9/h5-6H,3-4H2,1-2H3,(H,10,11). The van der Waals surface area contributed by atoms with Crippen molar-refractivity contribution in [3.8, 4) is 0 Å². The third-order valence-electron chi connectivity index (χ3n) is 1.23. The second kappa shape index (κ2) is 5.52. The summed E-state index contributed by atoms with van der Waals surface area (Å²) in [7, 11) is 0. The van der Waals surface area contributed by atoms with Crippen LogP contribution in [0.15, 0.2) is 0 Å². The molecule has 4 heteroatoms. The Labute approximate surface area is 74.7 Å². The highest BCUT2D eigenvalue weighted by Crippen LogP contribution is 2.11. The number of nitrogens with one attached hydrogen (secondary N) is 1. The zero-order valence-corrected chi connectivity index (χ0v) is 8.32. The largest absolute Gasteiger partial charge is 0.352 e. The van der Waals surface area contributed by atoms with Gasteiger partial charge < -0.3 is 5.32 Å². The predicted octanol–water partition coefficient (Wildman–Crippen LogP) is 1.49. The maximum atomic E-state index is 11.6. The van der Waals surface area contributed by atoms with Gasteiger partial charge in [0.2, 0.25) is 5.91 Å². The van der Waals surface area contributed by atoms with E-state index >= 15 is 0 Å². The van der Waals surface area contributed by atoms with Crippen LogP contribution < -0.4 is 5.32 Å². The minimum Gasteiger partial charge on any atom is -0.352 e. The number of rotatable bonds is 4. The molecule has 0 radical (unpaired) electrons. The van der Waals surface area contributed by atoms with Crippen molar-refractivity contribution in [2.24, 2.45) is 5.92 Å². The molecule has 0 aromatic rings. The lowest BCUT2D eigenvalue weighted by atomic mass is 10.1. The van der Waals surface area contributed by atoms with E-state index < -0.39 is 6.67 Å². The van der Waals surface area contributed by atoms with Crippen molar-refractivity contribution in [3.63, 3.8) is 0 Å². The van der Waals surface area contributed by atoms with Gasteiger partial charge in [-0.1, -0.05) is 29.8 Å². The quantitative estimate of drug-likeness (QED) is 0.723. The summed E-state index contributed by atoms with van der Waals surface area (Å²) in [5.74, 6) is 0.0901. The molecule has 0 aliphatic carbocycles. The van der Waals surface area contributed by atoms with Crippen LogP contribution in [0.25, 0.3) is 0 Å². The van der Waals surface area contributed by atoms with Gasteiger partial charge in [-0.3, -0.25) is 4.79 Å². The summed E-state index contributed by atoms with van der Waals surface area (Å²) in [6.45, 7) is 3.44. The smallest absolute Gasteiger partial charge is 0.234 e. The summed E-state index contributed by atoms with van der Waals surface area (Å²) in [5, 5.41) is 2.45. The minimum absolute atomic E-state index is 0.105. The van der Waals surface area contributed by atoms with Gasteiger partial charge in [0.1, 0.15) is 6.67 Å². The number of hydrogen-bond donors (Lipinski definition) is 1. The van der Waals surface area contributed by atoms with E-state index in [1.54, 1.807) is 0 Å². The van der Waals surface area contributed by atoms with Gasteiger partial charge in [0.25, 0.3) is 0 Å². The zero-order valence-electron chi connectivity index (χ0n) is 6.73. The second-order valence-corrected chi connectivity index (χ2v) is 3.61. The molecular formula is C7H13BrFNO. The molecule has 0 fully saturated rings. The monoisotopic (exact) mass is 225 g/mol. The molecule has 0 saturated carbocycles. The molecule has 0 aliphatic rings. The van der Waals surface area contributed by atoms with Crippen LogP contribution >= 0.6 is 15.9 Å². The maximum Gasteiger partial charge on any atom is 0.234 e. The molecule has 1 unspecified atom stereocenters. The van der Waals surface area contributed by atoms with Gasteiger partial charge in [-0.15, -0.1) is 0 Å². The lowest BCUT2D eigenvalue weighted by Crippen LogP contribution is -2.35. The molecule has 1 amide bonds. The van der Waals surface area contributed by atoms with Gasteiger partial charge in [-0.2, -0.15) is 0 Å². The molecule has 0 rings (SSSR count). The van der Waals surface area contributed by atoms with Gasteiger partial charge >= 0.3 is 0 Å². The Kier molecular flexibility index (Phi) is 5.46. The van der Waals surface area contributed by atoms with Crippen molar-refractivity contribution in [1.82, 2.24) is 5.32 Å². The molecule has 11 heavy (non-hydrogen) atoms. The van der Waals surface area contributed by atoms with Crippen LogP contribution in [-0.4, -0.2) is 24.0 Å². The second-order valence-electron chi connectivity index (χ2n) is 2.63. The number of alkyl halides is 2. The number of hydrogen-bond acceptors (Lipinski definition) is 1. The lowest BCUT2D eigenvalue weighted by molar-refractivity contribution is -0.121. The van der Waals surface area contributed by atoms with Crippen LogP contribution in [-0.2, 0) is 4.79 Å². The molecule has 0 bridgehead atoms. The highest BCUT2D eigenvalue weighted by molar-refractivity contribution is 9.10. The van der Waals surface area contributed by atoms with E-state index in [2.05, 4.69) is 21.2 Å². The Morgan fingerprint density at radius 3 is 2.55 bits per heavy atom. The van der Waals surface area contributed by atoms with Crippen molar-refractivity contribution in [2.75, 3.05) is 13.2 Å². The molecule has 0 aromatic heterocycles. The first kappa shape index (κ1) is 10.9. The predicted molar refractivity (Wildman–Crippen MR) is 46.5 cm³/mol. The van der Waals surface area contributed by atoms with E-state index in [-0.39, 0.29) is 23.2 Å². The summed E-state index contributed by atoms with van der Waals surface area (Å²) in [6, 6.07) is 0. The first-order valence-corrected chi connectivity index (χ1v) is 4.49. The summed E-state index contributed by atoms with van der Waals surface area (Å²) in [5.41, 5.74) is 0. The fourth-order valence-electron chi connectivity index (χ4n) is 0.571. The minimum atomic E-state index is -0.510. The van der Waals surface area contributed by atoms with E-state index in [4.69, 9.17) is 0 Å². The molecule has 0 heterocycles. The van der Waals surface area contributed by atoms with E-state index in [9.17, 15) is 9.18 Å². The molecule has 0 spiro atoms. The number of carbonyl (C=O) groups excluding carboxylic acids is 1. The van der Waals surface area contributed by atoms with Crippen LogP contribution in [0, 0.1) is 5.92 Å². The third kappa shape index (κ3) is 4.35. The van der Waals surface area contributed by atoms with E-state index in [1.165, 1.54) is 0 Å². The van der Waals surface area contributed by atoms with Gasteiger partial charge in [-0.25, -0.2) is 4.39 Å². The van der Waals surface area contributed by atoms with Crippen LogP contribution in [0.3, 0.4) is 0 Å². The SMILES string of the molecule is CC(C)C(Br)C(=O)NCCF. The highest BCUT2D eigenvalue weighted by atomic mass is 79.9. The third-order valence-corrected chi connectivity index (χ3v) is 2.70. The first-order chi connectivity index (χ1) is 5.09. The maximum absolute atomic E-state index is 11.6. The zero-order chi connectivity index (χ0) is 8.85. The van der Waals surface area contributed by atoms with Gasteiger partial charge in [0.05, 0.1) is 4.83 Å². The molecule has 0 aliphatic heterocycles. The Morgan fingerprint density at radius 1 is 1.64 bits per heavy atom. The highest BCUT2D eigenvalue weighted by Gasteiger charge is 2.17. The van der Waals surface area contributed by atoms with Gasteiger partial charge in [0.15, 0.2) is 0 Å². The summed E-state index contributed by atoms with van der Waals surface area (Å²) in [4.78, 5) is 10.8. The van der Waals surface area contributed by atoms with E-state index in [0.29, 0.717) is 0 Å². The van der Waals surface area contributed by atoms with E-state index in [1.807, 2.05) is 13.8 Å². The molecule has 66 valence electrons. The molecular weight excluding hydrogens is 213 g/mol. The van der Waals surface area contributed by atoms with Crippen molar-refractivity contribution < 1.29 is 9.18 Å². The fourth-order valence-corrected chi connectivity index (χ4v) is 0.733. The molecule has 2 nitrogen and oxygen atoms in total.